The van der Waals surface area contributed by atoms with Gasteiger partial charge in [0, 0.05) is 6.07 Å². The highest BCUT2D eigenvalue weighted by Gasteiger charge is 1.99. The normalized spacial score (nSPS) is 10.8. The lowest BCUT2D eigenvalue weighted by molar-refractivity contribution is -0.503. The molecule has 1 aromatic heterocycles. The first-order valence-electron chi connectivity index (χ1n) is 3.45. The Morgan fingerprint density at radius 1 is 1.62 bits per heavy atom. The lowest BCUT2D eigenvalue weighted by atomic mass is 10.4. The van der Waals surface area contributed by atoms with E-state index in [1.54, 1.807) is 13.0 Å². The smallest absolute Gasteiger partial charge is 0.268 e. The third-order valence-electron chi connectivity index (χ3n) is 1.30. The van der Waals surface area contributed by atoms with Gasteiger partial charge in [-0.15, -0.1) is 0 Å². The zero-order chi connectivity index (χ0) is 9.84. The molecule has 0 unspecified atom stereocenters. The summed E-state index contributed by atoms with van der Waals surface area (Å²) in [7, 11) is 0. The average molecular weight is 187 g/mol. The summed E-state index contributed by atoms with van der Waals surface area (Å²) in [6.07, 6.45) is 0. The molecule has 1 heterocycles. The zero-order valence-electron chi connectivity index (χ0n) is 6.91. The molecule has 0 atom stereocenters. The predicted molar refractivity (Wildman–Crippen MR) is 39.7 cm³/mol. The van der Waals surface area contributed by atoms with E-state index in [2.05, 4.69) is 9.94 Å². The topological polar surface area (TPSA) is 87.8 Å². The monoisotopic (exact) mass is 187 g/mol. The fourth-order valence-electron chi connectivity index (χ4n) is 0.750. The Hall–Kier alpha value is -1.28. The summed E-state index contributed by atoms with van der Waals surface area (Å²) in [5.41, 5.74) is 0.248. The van der Waals surface area contributed by atoms with Gasteiger partial charge in [0.15, 0.2) is 6.73 Å². The largest absolute Gasteiger partial charge is 0.269 e. The molecule has 1 aromatic rings. The minimum atomic E-state index is -0.476. The Morgan fingerprint density at radius 2 is 2.31 bits per heavy atom. The standard InChI is InChI=1S/C6H9N3O4/c1-5-2-3-6(10)8(7-5)4-13-9(11)12/h2-3,11-12H,4H2,1H3. The average Bonchev–Trinajstić information content (AvgIpc) is 2.06. The van der Waals surface area contributed by atoms with Crippen molar-refractivity contribution in [2.75, 3.05) is 0 Å². The summed E-state index contributed by atoms with van der Waals surface area (Å²) in [6.45, 7) is 1.35. The molecule has 0 aliphatic carbocycles. The maximum atomic E-state index is 11.0. The van der Waals surface area contributed by atoms with Crippen LogP contribution in [0.1, 0.15) is 5.69 Å². The van der Waals surface area contributed by atoms with Crippen LogP contribution in [0.3, 0.4) is 0 Å². The van der Waals surface area contributed by atoms with Gasteiger partial charge in [0.2, 0.25) is 0 Å². The van der Waals surface area contributed by atoms with Crippen molar-refractivity contribution in [2.24, 2.45) is 0 Å². The van der Waals surface area contributed by atoms with Crippen LogP contribution in [0.5, 0.6) is 0 Å². The molecule has 0 radical (unpaired) electrons. The van der Waals surface area contributed by atoms with Crippen molar-refractivity contribution in [3.05, 3.63) is 28.2 Å². The molecule has 0 bridgehead atoms. The van der Waals surface area contributed by atoms with E-state index in [1.165, 1.54) is 6.07 Å². The summed E-state index contributed by atoms with van der Waals surface area (Å²) in [4.78, 5) is 15.2. The van der Waals surface area contributed by atoms with Gasteiger partial charge >= 0.3 is 0 Å². The van der Waals surface area contributed by atoms with Gasteiger partial charge < -0.3 is 0 Å². The van der Waals surface area contributed by atoms with Crippen molar-refractivity contribution < 1.29 is 15.3 Å². The van der Waals surface area contributed by atoms with E-state index in [4.69, 9.17) is 10.4 Å². The van der Waals surface area contributed by atoms with Gasteiger partial charge in [-0.25, -0.2) is 9.52 Å². The van der Waals surface area contributed by atoms with Gasteiger partial charge in [-0.05, 0) is 13.0 Å². The van der Waals surface area contributed by atoms with E-state index in [1.807, 2.05) is 0 Å². The summed E-state index contributed by atoms with van der Waals surface area (Å²) >= 11 is 0. The molecule has 0 saturated carbocycles. The van der Waals surface area contributed by atoms with Crippen LogP contribution < -0.4 is 5.56 Å². The number of rotatable bonds is 3. The van der Waals surface area contributed by atoms with Crippen LogP contribution in [0.4, 0.5) is 0 Å². The van der Waals surface area contributed by atoms with Gasteiger partial charge in [0.1, 0.15) is 0 Å². The van der Waals surface area contributed by atoms with Crippen molar-refractivity contribution in [1.82, 2.24) is 15.2 Å². The van der Waals surface area contributed by atoms with Crippen molar-refractivity contribution >= 4 is 0 Å². The summed E-state index contributed by atoms with van der Waals surface area (Å²) in [5.74, 6) is 0. The first kappa shape index (κ1) is 9.81. The quantitative estimate of drug-likeness (QED) is 0.621. The van der Waals surface area contributed by atoms with Crippen molar-refractivity contribution in [1.29, 1.82) is 0 Å². The van der Waals surface area contributed by atoms with Crippen LogP contribution in [0.15, 0.2) is 16.9 Å². The molecule has 0 spiro atoms. The molecule has 0 aliphatic rings. The van der Waals surface area contributed by atoms with E-state index in [0.717, 1.165) is 4.68 Å². The lowest BCUT2D eigenvalue weighted by Gasteiger charge is -2.07. The van der Waals surface area contributed by atoms with E-state index >= 15 is 0 Å². The zero-order valence-corrected chi connectivity index (χ0v) is 6.91. The van der Waals surface area contributed by atoms with E-state index < -0.39 is 5.39 Å². The molecular weight excluding hydrogens is 178 g/mol. The highest BCUT2D eigenvalue weighted by atomic mass is 17.1. The number of hydrogen-bond acceptors (Lipinski definition) is 6. The maximum Gasteiger partial charge on any atom is 0.269 e. The summed E-state index contributed by atoms with van der Waals surface area (Å²) in [5, 5.41) is 19.7. The Kier molecular flexibility index (Phi) is 3.09. The van der Waals surface area contributed by atoms with Crippen LogP contribution in [0.2, 0.25) is 0 Å². The fourth-order valence-corrected chi connectivity index (χ4v) is 0.750. The van der Waals surface area contributed by atoms with Crippen molar-refractivity contribution in [3.8, 4) is 0 Å². The first-order valence-corrected chi connectivity index (χ1v) is 3.45. The number of aryl methyl sites for hydroxylation is 1. The summed E-state index contributed by atoms with van der Waals surface area (Å²) in [6, 6.07) is 2.86. The molecule has 0 fully saturated rings. The SMILES string of the molecule is Cc1ccc(=O)n(CON(O)O)n1. The van der Waals surface area contributed by atoms with E-state index in [0.29, 0.717) is 5.69 Å². The molecule has 0 saturated heterocycles. The molecule has 0 aliphatic heterocycles. The Balaban J connectivity index is 2.76. The van der Waals surface area contributed by atoms with Crippen LogP contribution >= 0.6 is 0 Å². The molecule has 0 aromatic carbocycles. The lowest BCUT2D eigenvalue weighted by Crippen LogP contribution is -2.27. The fraction of sp³-hybridized carbons (Fsp3) is 0.333. The van der Waals surface area contributed by atoms with Crippen LogP contribution in [-0.4, -0.2) is 25.6 Å². The van der Waals surface area contributed by atoms with E-state index in [-0.39, 0.29) is 12.3 Å². The Morgan fingerprint density at radius 3 is 2.92 bits per heavy atom. The van der Waals surface area contributed by atoms with Gasteiger partial charge in [-0.1, -0.05) is 0 Å². The van der Waals surface area contributed by atoms with Gasteiger partial charge in [-0.2, -0.15) is 5.10 Å². The number of hydrogen-bond donors (Lipinski definition) is 2. The van der Waals surface area contributed by atoms with Crippen LogP contribution in [0.25, 0.3) is 0 Å². The van der Waals surface area contributed by atoms with Crippen molar-refractivity contribution in [3.63, 3.8) is 0 Å². The molecule has 13 heavy (non-hydrogen) atoms. The summed E-state index contributed by atoms with van der Waals surface area (Å²) < 4.78 is 0.953. The molecular formula is C6H9N3O4. The number of nitrogens with zero attached hydrogens (tertiary/aromatic N) is 3. The molecule has 72 valence electrons. The minimum absolute atomic E-state index is 0.354. The van der Waals surface area contributed by atoms with E-state index in [9.17, 15) is 4.79 Å². The van der Waals surface area contributed by atoms with Crippen LogP contribution in [0, 0.1) is 6.92 Å². The Labute approximate surface area is 73.3 Å². The van der Waals surface area contributed by atoms with Crippen molar-refractivity contribution in [2.45, 2.75) is 13.7 Å². The van der Waals surface area contributed by atoms with Crippen LogP contribution in [-0.2, 0) is 11.6 Å². The molecule has 7 heteroatoms. The molecule has 0 amide bonds. The number of aromatic nitrogens is 2. The highest BCUT2D eigenvalue weighted by Crippen LogP contribution is 1.87. The molecule has 7 nitrogen and oxygen atoms in total. The maximum absolute atomic E-state index is 11.0. The molecule has 2 N–H and O–H groups in total. The predicted octanol–water partition coefficient (Wildman–Crippen LogP) is -0.479. The second kappa shape index (κ2) is 4.10. The first-order chi connectivity index (χ1) is 6.09. The Bertz CT molecular complexity index is 335. The minimum Gasteiger partial charge on any atom is -0.268 e. The highest BCUT2D eigenvalue weighted by molar-refractivity contribution is 4.96. The second-order valence-corrected chi connectivity index (χ2v) is 2.32. The van der Waals surface area contributed by atoms with Gasteiger partial charge in [0.05, 0.1) is 11.1 Å². The second-order valence-electron chi connectivity index (χ2n) is 2.32. The molecule has 1 rings (SSSR count). The van der Waals surface area contributed by atoms with Gasteiger partial charge in [-0.3, -0.25) is 15.2 Å². The van der Waals surface area contributed by atoms with Gasteiger partial charge in [0.25, 0.3) is 5.56 Å². The third kappa shape index (κ3) is 2.92. The third-order valence-corrected chi connectivity index (χ3v) is 1.30.